The summed E-state index contributed by atoms with van der Waals surface area (Å²) in [6.07, 6.45) is -0.0356. The Balaban J connectivity index is 2.21. The summed E-state index contributed by atoms with van der Waals surface area (Å²) in [6, 6.07) is 7.83. The van der Waals surface area contributed by atoms with Crippen LogP contribution >= 0.6 is 11.3 Å². The van der Waals surface area contributed by atoms with Crippen molar-refractivity contribution in [3.05, 3.63) is 34.7 Å². The van der Waals surface area contributed by atoms with Crippen LogP contribution in [-0.4, -0.2) is 35.5 Å². The minimum Gasteiger partial charge on any atom is -0.481 e. The molecule has 0 radical (unpaired) electrons. The van der Waals surface area contributed by atoms with Gasteiger partial charge in [-0.05, 0) is 23.9 Å². The zero-order chi connectivity index (χ0) is 14.0. The average Bonchev–Trinajstić information content (AvgIpc) is 2.80. The first-order valence-corrected chi connectivity index (χ1v) is 6.77. The van der Waals surface area contributed by atoms with E-state index in [1.165, 1.54) is 16.2 Å². The van der Waals surface area contributed by atoms with Crippen LogP contribution in [0.2, 0.25) is 0 Å². The Morgan fingerprint density at radius 2 is 2.11 bits per heavy atom. The van der Waals surface area contributed by atoms with Gasteiger partial charge in [-0.1, -0.05) is 18.2 Å². The lowest BCUT2D eigenvalue weighted by Crippen LogP contribution is -2.28. The number of benzene rings is 1. The number of thiophene rings is 1. The van der Waals surface area contributed by atoms with Crippen molar-refractivity contribution in [2.75, 3.05) is 13.6 Å². The van der Waals surface area contributed by atoms with Gasteiger partial charge in [-0.2, -0.15) is 0 Å². The van der Waals surface area contributed by atoms with Gasteiger partial charge in [0.2, 0.25) is 0 Å². The summed E-state index contributed by atoms with van der Waals surface area (Å²) in [6.45, 7) is 2.24. The molecule has 0 bridgehead atoms. The SMILES string of the molecule is Cc1cccc2cc(C(=O)N(C)CCC(=O)O)sc12. The molecule has 2 aromatic rings. The zero-order valence-electron chi connectivity index (χ0n) is 10.8. The third-order valence-electron chi connectivity index (χ3n) is 2.96. The molecule has 1 aromatic heterocycles. The van der Waals surface area contributed by atoms with Crippen molar-refractivity contribution in [1.29, 1.82) is 0 Å². The van der Waals surface area contributed by atoms with Crippen LogP contribution < -0.4 is 0 Å². The number of rotatable bonds is 4. The lowest BCUT2D eigenvalue weighted by atomic mass is 10.2. The number of fused-ring (bicyclic) bond motifs is 1. The molecule has 100 valence electrons. The van der Waals surface area contributed by atoms with Crippen LogP contribution in [0.4, 0.5) is 0 Å². The maximum atomic E-state index is 12.2. The van der Waals surface area contributed by atoms with Crippen molar-refractivity contribution >= 4 is 33.3 Å². The highest BCUT2D eigenvalue weighted by Crippen LogP contribution is 2.29. The molecule has 1 aromatic carbocycles. The number of aryl methyl sites for hydroxylation is 1. The van der Waals surface area contributed by atoms with Gasteiger partial charge in [-0.3, -0.25) is 9.59 Å². The number of hydrogen-bond acceptors (Lipinski definition) is 3. The van der Waals surface area contributed by atoms with Gasteiger partial charge in [-0.15, -0.1) is 11.3 Å². The molecule has 19 heavy (non-hydrogen) atoms. The maximum absolute atomic E-state index is 12.2. The van der Waals surface area contributed by atoms with E-state index in [1.807, 2.05) is 31.2 Å². The molecule has 0 aliphatic rings. The minimum absolute atomic E-state index is 0.0356. The standard InChI is InChI=1S/C14H15NO3S/c1-9-4-3-5-10-8-11(19-13(9)10)14(18)15(2)7-6-12(16)17/h3-5,8H,6-7H2,1-2H3,(H,16,17). The molecule has 2 rings (SSSR count). The van der Waals surface area contributed by atoms with Crippen molar-refractivity contribution < 1.29 is 14.7 Å². The fraction of sp³-hybridized carbons (Fsp3) is 0.286. The quantitative estimate of drug-likeness (QED) is 0.935. The number of hydrogen-bond donors (Lipinski definition) is 1. The van der Waals surface area contributed by atoms with E-state index in [-0.39, 0.29) is 18.9 Å². The first kappa shape index (κ1) is 13.5. The molecule has 0 spiro atoms. The maximum Gasteiger partial charge on any atom is 0.305 e. The van der Waals surface area contributed by atoms with Gasteiger partial charge in [0.05, 0.1) is 11.3 Å². The fourth-order valence-electron chi connectivity index (χ4n) is 1.87. The summed E-state index contributed by atoms with van der Waals surface area (Å²) in [4.78, 5) is 24.8. The Kier molecular flexibility index (Phi) is 3.85. The van der Waals surface area contributed by atoms with Crippen LogP contribution in [0.3, 0.4) is 0 Å². The molecule has 1 N–H and O–H groups in total. The molecule has 5 heteroatoms. The Morgan fingerprint density at radius 3 is 2.74 bits per heavy atom. The first-order valence-electron chi connectivity index (χ1n) is 5.95. The molecule has 0 atom stereocenters. The molecule has 0 fully saturated rings. The van der Waals surface area contributed by atoms with Crippen molar-refractivity contribution in [2.24, 2.45) is 0 Å². The number of carbonyl (C=O) groups excluding carboxylic acids is 1. The normalized spacial score (nSPS) is 10.6. The molecular weight excluding hydrogens is 262 g/mol. The number of carbonyl (C=O) groups is 2. The summed E-state index contributed by atoms with van der Waals surface area (Å²) in [7, 11) is 1.63. The van der Waals surface area contributed by atoms with Crippen LogP contribution in [0.25, 0.3) is 10.1 Å². The van der Waals surface area contributed by atoms with E-state index < -0.39 is 5.97 Å². The highest BCUT2D eigenvalue weighted by molar-refractivity contribution is 7.21. The Bertz CT molecular complexity index is 633. The number of amides is 1. The van der Waals surface area contributed by atoms with E-state index in [0.717, 1.165) is 15.6 Å². The molecule has 0 saturated carbocycles. The van der Waals surface area contributed by atoms with Gasteiger partial charge in [0.15, 0.2) is 0 Å². The molecule has 1 heterocycles. The second kappa shape index (κ2) is 5.40. The predicted molar refractivity (Wildman–Crippen MR) is 75.8 cm³/mol. The molecule has 1 amide bonds. The van der Waals surface area contributed by atoms with E-state index >= 15 is 0 Å². The topological polar surface area (TPSA) is 57.6 Å². The van der Waals surface area contributed by atoms with E-state index in [9.17, 15) is 9.59 Å². The predicted octanol–water partition coefficient (Wildman–Crippen LogP) is 2.76. The summed E-state index contributed by atoms with van der Waals surface area (Å²) >= 11 is 1.46. The minimum atomic E-state index is -0.896. The summed E-state index contributed by atoms with van der Waals surface area (Å²) in [5, 5.41) is 9.69. The second-order valence-corrected chi connectivity index (χ2v) is 5.53. The third-order valence-corrected chi connectivity index (χ3v) is 4.23. The number of aliphatic carboxylic acids is 1. The molecule has 0 aliphatic heterocycles. The van der Waals surface area contributed by atoms with Crippen molar-refractivity contribution in [3.8, 4) is 0 Å². The van der Waals surface area contributed by atoms with Gasteiger partial charge in [0.1, 0.15) is 0 Å². The van der Waals surface area contributed by atoms with Gasteiger partial charge in [-0.25, -0.2) is 0 Å². The number of nitrogens with zero attached hydrogens (tertiary/aromatic N) is 1. The van der Waals surface area contributed by atoms with E-state index in [2.05, 4.69) is 0 Å². The van der Waals surface area contributed by atoms with Crippen LogP contribution in [0.5, 0.6) is 0 Å². The summed E-state index contributed by atoms with van der Waals surface area (Å²) in [5.74, 6) is -1.02. The van der Waals surface area contributed by atoms with Crippen LogP contribution in [-0.2, 0) is 4.79 Å². The number of carboxylic acid groups (broad SMARTS) is 1. The highest BCUT2D eigenvalue weighted by Gasteiger charge is 2.16. The lowest BCUT2D eigenvalue weighted by Gasteiger charge is -2.14. The van der Waals surface area contributed by atoms with Gasteiger partial charge >= 0.3 is 5.97 Å². The van der Waals surface area contributed by atoms with Gasteiger partial charge in [0, 0.05) is 18.3 Å². The van der Waals surface area contributed by atoms with Crippen LogP contribution in [0, 0.1) is 6.92 Å². The second-order valence-electron chi connectivity index (χ2n) is 4.47. The lowest BCUT2D eigenvalue weighted by molar-refractivity contribution is -0.137. The molecule has 0 saturated heterocycles. The summed E-state index contributed by atoms with van der Waals surface area (Å²) in [5.41, 5.74) is 1.15. The fourth-order valence-corrected chi connectivity index (χ4v) is 2.99. The van der Waals surface area contributed by atoms with E-state index in [0.29, 0.717) is 4.88 Å². The third kappa shape index (κ3) is 2.93. The average molecular weight is 277 g/mol. The van der Waals surface area contributed by atoms with E-state index in [1.54, 1.807) is 7.05 Å². The first-order chi connectivity index (χ1) is 8.99. The van der Waals surface area contributed by atoms with Crippen LogP contribution in [0.15, 0.2) is 24.3 Å². The summed E-state index contributed by atoms with van der Waals surface area (Å²) < 4.78 is 1.11. The number of carboxylic acids is 1. The molecule has 0 aliphatic carbocycles. The molecule has 0 unspecified atom stereocenters. The Morgan fingerprint density at radius 1 is 1.37 bits per heavy atom. The van der Waals surface area contributed by atoms with Gasteiger partial charge < -0.3 is 10.0 Å². The van der Waals surface area contributed by atoms with Crippen LogP contribution in [0.1, 0.15) is 21.7 Å². The molecular formula is C14H15NO3S. The van der Waals surface area contributed by atoms with Crippen molar-refractivity contribution in [1.82, 2.24) is 4.90 Å². The van der Waals surface area contributed by atoms with E-state index in [4.69, 9.17) is 5.11 Å². The zero-order valence-corrected chi connectivity index (χ0v) is 11.7. The van der Waals surface area contributed by atoms with Gasteiger partial charge in [0.25, 0.3) is 5.91 Å². The highest BCUT2D eigenvalue weighted by atomic mass is 32.1. The largest absolute Gasteiger partial charge is 0.481 e. The van der Waals surface area contributed by atoms with Crippen molar-refractivity contribution in [2.45, 2.75) is 13.3 Å². The molecule has 4 nitrogen and oxygen atoms in total. The monoisotopic (exact) mass is 277 g/mol. The van der Waals surface area contributed by atoms with Crippen molar-refractivity contribution in [3.63, 3.8) is 0 Å². The smallest absolute Gasteiger partial charge is 0.305 e. The Hall–Kier alpha value is -1.88. The Labute approximate surface area is 115 Å².